The molecule has 1 saturated carbocycles. The van der Waals surface area contributed by atoms with Crippen LogP contribution in [0, 0.1) is 23.7 Å². The lowest BCUT2D eigenvalue weighted by atomic mass is 9.64. The monoisotopic (exact) mass is 612 g/mol. The number of carbonyl (C=O) groups is 1. The highest BCUT2D eigenvalue weighted by molar-refractivity contribution is 7.90. The summed E-state index contributed by atoms with van der Waals surface area (Å²) in [5.41, 5.74) is 4.80. The maximum Gasteiger partial charge on any atom is 0.264 e. The minimum absolute atomic E-state index is 0.0313. The molecule has 4 bridgehead atoms. The molecule has 42 heavy (non-hydrogen) atoms. The van der Waals surface area contributed by atoms with Crippen molar-refractivity contribution in [3.05, 3.63) is 69.8 Å². The standard InChI is InChI=1S/C33H41ClN2O5S/c1-20-21(2)42(38,39)35-33(37)23-9-12-31-30(17-23)36(18-24-7-10-28(34)16-22(24)6-4-5-13-41-31)19-25-8-11-29(25)32(40-3)27-14-26(20)15-27/h7,9-10,12,14,16-17,20-21,25-26,29,32H,4-6,8,11,13,15,18-19H2,1-3H3,(H,35,37)/t20-,21-,25+,26-,29-,32+/m1/s1. The van der Waals surface area contributed by atoms with E-state index in [2.05, 4.69) is 27.8 Å². The predicted octanol–water partition coefficient (Wildman–Crippen LogP) is 6.15. The molecule has 2 aliphatic carbocycles. The van der Waals surface area contributed by atoms with E-state index in [1.54, 1.807) is 26.2 Å². The zero-order valence-corrected chi connectivity index (χ0v) is 26.2. The number of aryl methyl sites for hydroxylation is 1. The number of nitrogens with zero attached hydrogens (tertiary/aromatic N) is 1. The molecule has 0 saturated heterocycles. The smallest absolute Gasteiger partial charge is 0.264 e. The summed E-state index contributed by atoms with van der Waals surface area (Å²) in [6.45, 7) is 5.62. The van der Waals surface area contributed by atoms with E-state index in [0.29, 0.717) is 36.3 Å². The van der Waals surface area contributed by atoms with E-state index in [-0.39, 0.29) is 17.9 Å². The Morgan fingerprint density at radius 1 is 1.07 bits per heavy atom. The Balaban J connectivity index is 1.45. The van der Waals surface area contributed by atoms with Crippen LogP contribution in [0.4, 0.5) is 5.69 Å². The Bertz CT molecular complexity index is 1490. The van der Waals surface area contributed by atoms with Gasteiger partial charge in [-0.05, 0) is 116 Å². The van der Waals surface area contributed by atoms with E-state index in [1.165, 1.54) is 16.7 Å². The van der Waals surface area contributed by atoms with Gasteiger partial charge in [0.25, 0.3) is 5.91 Å². The first-order valence-corrected chi connectivity index (χ1v) is 17.2. The quantitative estimate of drug-likeness (QED) is 0.389. The van der Waals surface area contributed by atoms with Crippen LogP contribution < -0.4 is 14.4 Å². The van der Waals surface area contributed by atoms with Crippen LogP contribution in [0.1, 0.15) is 67.4 Å². The van der Waals surface area contributed by atoms with Gasteiger partial charge < -0.3 is 14.4 Å². The molecular formula is C33H41ClN2O5S. The fourth-order valence-electron chi connectivity index (χ4n) is 7.14. The molecule has 1 N–H and O–H groups in total. The molecule has 2 aromatic rings. The number of fused-ring (bicyclic) bond motifs is 5. The summed E-state index contributed by atoms with van der Waals surface area (Å²) < 4.78 is 41.5. The molecule has 6 atom stereocenters. The highest BCUT2D eigenvalue weighted by atomic mass is 35.5. The summed E-state index contributed by atoms with van der Waals surface area (Å²) in [5, 5.41) is 0.00385. The van der Waals surface area contributed by atoms with Crippen molar-refractivity contribution < 1.29 is 22.7 Å². The van der Waals surface area contributed by atoms with Crippen molar-refractivity contribution in [2.24, 2.45) is 23.7 Å². The lowest BCUT2D eigenvalue weighted by Crippen LogP contribution is -2.47. The average molecular weight is 613 g/mol. The molecule has 2 aromatic carbocycles. The van der Waals surface area contributed by atoms with Crippen LogP contribution in [0.2, 0.25) is 5.02 Å². The zero-order chi connectivity index (χ0) is 29.6. The third-order valence-electron chi connectivity index (χ3n) is 10.2. The van der Waals surface area contributed by atoms with Gasteiger partial charge in [0, 0.05) is 30.8 Å². The van der Waals surface area contributed by atoms with Crippen molar-refractivity contribution >= 4 is 33.2 Å². The molecule has 5 aliphatic rings. The van der Waals surface area contributed by atoms with Gasteiger partial charge in [-0.1, -0.05) is 30.7 Å². The first kappa shape index (κ1) is 29.5. The van der Waals surface area contributed by atoms with Crippen LogP contribution in [-0.4, -0.2) is 45.9 Å². The van der Waals surface area contributed by atoms with E-state index in [9.17, 15) is 13.2 Å². The van der Waals surface area contributed by atoms with Gasteiger partial charge in [0.15, 0.2) is 0 Å². The number of benzene rings is 2. The molecule has 3 aliphatic heterocycles. The van der Waals surface area contributed by atoms with E-state index < -0.39 is 21.2 Å². The largest absolute Gasteiger partial charge is 0.491 e. The number of hydrogen-bond donors (Lipinski definition) is 1. The van der Waals surface area contributed by atoms with E-state index in [1.807, 2.05) is 19.1 Å². The van der Waals surface area contributed by atoms with E-state index in [0.717, 1.165) is 55.8 Å². The SMILES string of the molecule is CO[C@H]1C2=C[C@H](C2)[C@H](C)[C@@H](C)S(=O)(=O)NC(=O)c2ccc3c(c2)N(Cc2ccc(Cl)cc2CCCCO3)C[C@@H]2CC[C@H]21. The summed E-state index contributed by atoms with van der Waals surface area (Å²) in [4.78, 5) is 15.8. The van der Waals surface area contributed by atoms with Crippen molar-refractivity contribution in [3.63, 3.8) is 0 Å². The maximum absolute atomic E-state index is 13.4. The summed E-state index contributed by atoms with van der Waals surface area (Å²) in [6.07, 6.45) is 8.06. The van der Waals surface area contributed by atoms with Crippen LogP contribution in [-0.2, 0) is 27.7 Å². The lowest BCUT2D eigenvalue weighted by Gasteiger charge is -2.47. The van der Waals surface area contributed by atoms with Crippen molar-refractivity contribution in [2.75, 3.05) is 25.2 Å². The zero-order valence-electron chi connectivity index (χ0n) is 24.6. The third-order valence-corrected chi connectivity index (χ3v) is 12.3. The second kappa shape index (κ2) is 11.9. The van der Waals surface area contributed by atoms with E-state index >= 15 is 0 Å². The second-order valence-electron chi connectivity index (χ2n) is 12.6. The summed E-state index contributed by atoms with van der Waals surface area (Å²) in [5.74, 6) is 0.889. The van der Waals surface area contributed by atoms with Crippen LogP contribution in [0.25, 0.3) is 0 Å². The molecule has 3 heterocycles. The van der Waals surface area contributed by atoms with Crippen molar-refractivity contribution in [1.29, 1.82) is 0 Å². The molecule has 0 spiro atoms. The molecule has 226 valence electrons. The predicted molar refractivity (Wildman–Crippen MR) is 166 cm³/mol. The number of rotatable bonds is 1. The maximum atomic E-state index is 13.4. The van der Waals surface area contributed by atoms with Crippen molar-refractivity contribution in [1.82, 2.24) is 4.72 Å². The molecule has 0 radical (unpaired) electrons. The minimum Gasteiger partial charge on any atom is -0.491 e. The van der Waals surface area contributed by atoms with Gasteiger partial charge in [0.2, 0.25) is 10.0 Å². The Hall–Kier alpha value is -2.55. The lowest BCUT2D eigenvalue weighted by molar-refractivity contribution is -0.000330. The Kier molecular flexibility index (Phi) is 8.33. The highest BCUT2D eigenvalue weighted by Crippen LogP contribution is 2.47. The molecule has 7 rings (SSSR count). The Labute approximate surface area is 254 Å². The average Bonchev–Trinajstić information content (AvgIpc) is 2.95. The van der Waals surface area contributed by atoms with Crippen LogP contribution >= 0.6 is 11.6 Å². The van der Waals surface area contributed by atoms with Gasteiger partial charge in [0.05, 0.1) is 23.6 Å². The topological polar surface area (TPSA) is 84.9 Å². The fraction of sp³-hybridized carbons (Fsp3) is 0.545. The molecule has 1 amide bonds. The summed E-state index contributed by atoms with van der Waals surface area (Å²) in [6, 6.07) is 11.4. The molecular weight excluding hydrogens is 572 g/mol. The highest BCUT2D eigenvalue weighted by Gasteiger charge is 2.44. The number of sulfonamides is 1. The van der Waals surface area contributed by atoms with Gasteiger partial charge in [-0.15, -0.1) is 0 Å². The van der Waals surface area contributed by atoms with Gasteiger partial charge in [-0.25, -0.2) is 13.1 Å². The van der Waals surface area contributed by atoms with Crippen molar-refractivity contribution in [3.8, 4) is 5.75 Å². The Morgan fingerprint density at radius 3 is 2.62 bits per heavy atom. The number of methoxy groups -OCH3 is 1. The van der Waals surface area contributed by atoms with Gasteiger partial charge in [0.1, 0.15) is 5.75 Å². The molecule has 0 unspecified atom stereocenters. The van der Waals surface area contributed by atoms with Gasteiger partial charge >= 0.3 is 0 Å². The number of carbonyl (C=O) groups excluding carboxylic acids is 1. The summed E-state index contributed by atoms with van der Waals surface area (Å²) in [7, 11) is -2.10. The van der Waals surface area contributed by atoms with Gasteiger partial charge in [-0.3, -0.25) is 4.79 Å². The molecule has 0 aromatic heterocycles. The number of allylic oxidation sites excluding steroid dienone is 1. The molecule has 9 heteroatoms. The number of hydrogen-bond acceptors (Lipinski definition) is 6. The van der Waals surface area contributed by atoms with E-state index in [4.69, 9.17) is 21.1 Å². The van der Waals surface area contributed by atoms with Crippen LogP contribution in [0.3, 0.4) is 0 Å². The number of nitrogens with one attached hydrogen (secondary N) is 1. The molecule has 1 fully saturated rings. The first-order chi connectivity index (χ1) is 20.1. The van der Waals surface area contributed by atoms with Gasteiger partial charge in [-0.2, -0.15) is 0 Å². The molecule has 7 nitrogen and oxygen atoms in total. The third kappa shape index (κ3) is 5.70. The Morgan fingerprint density at radius 2 is 1.88 bits per heavy atom. The fourth-order valence-corrected chi connectivity index (χ4v) is 8.66. The van der Waals surface area contributed by atoms with Crippen molar-refractivity contribution in [2.45, 2.75) is 70.3 Å². The number of ether oxygens (including phenoxy) is 2. The number of amides is 1. The second-order valence-corrected chi connectivity index (χ2v) is 15.1. The number of anilines is 1. The summed E-state index contributed by atoms with van der Waals surface area (Å²) >= 11 is 6.42. The number of halogens is 1. The normalized spacial score (nSPS) is 31.0. The minimum atomic E-state index is -3.90. The first-order valence-electron chi connectivity index (χ1n) is 15.2. The van der Waals surface area contributed by atoms with Crippen LogP contribution in [0.15, 0.2) is 48.0 Å². The van der Waals surface area contributed by atoms with Crippen LogP contribution in [0.5, 0.6) is 5.75 Å².